The van der Waals surface area contributed by atoms with Crippen LogP contribution in [0.25, 0.3) is 0 Å². The molecule has 0 fully saturated rings. The minimum absolute atomic E-state index is 0.0126. The standard InChI is InChI=1S/C23H32O3/c1-6-17(2)16-25-21-11-7-19(8-12-21)23(4,5)20-9-13-22(14-10-20)26-18(3)15-24/h7-14,17-18,24H,6,15-16H2,1-5H3. The lowest BCUT2D eigenvalue weighted by Crippen LogP contribution is -2.19. The number of benzene rings is 2. The predicted molar refractivity (Wildman–Crippen MR) is 107 cm³/mol. The van der Waals surface area contributed by atoms with E-state index in [1.165, 1.54) is 11.1 Å². The number of hydrogen-bond donors (Lipinski definition) is 1. The van der Waals surface area contributed by atoms with Gasteiger partial charge in [0.1, 0.15) is 17.6 Å². The van der Waals surface area contributed by atoms with E-state index < -0.39 is 0 Å². The van der Waals surface area contributed by atoms with Crippen molar-refractivity contribution in [3.8, 4) is 11.5 Å². The Morgan fingerprint density at radius 2 is 1.38 bits per heavy atom. The van der Waals surface area contributed by atoms with Crippen LogP contribution in [-0.2, 0) is 5.41 Å². The van der Waals surface area contributed by atoms with Gasteiger partial charge in [0.2, 0.25) is 0 Å². The molecule has 1 N–H and O–H groups in total. The summed E-state index contributed by atoms with van der Waals surface area (Å²) in [6, 6.07) is 16.5. The van der Waals surface area contributed by atoms with E-state index in [2.05, 4.69) is 64.1 Å². The first kappa shape index (κ1) is 20.3. The molecule has 0 amide bonds. The fraction of sp³-hybridized carbons (Fsp3) is 0.478. The van der Waals surface area contributed by atoms with Crippen LogP contribution in [0, 0.1) is 5.92 Å². The van der Waals surface area contributed by atoms with Crippen LogP contribution in [-0.4, -0.2) is 24.4 Å². The number of aliphatic hydroxyl groups is 1. The molecule has 0 aliphatic rings. The minimum atomic E-state index is -0.197. The van der Waals surface area contributed by atoms with Crippen LogP contribution in [0.4, 0.5) is 0 Å². The molecular formula is C23H32O3. The molecule has 0 aliphatic heterocycles. The van der Waals surface area contributed by atoms with Crippen LogP contribution in [0.2, 0.25) is 0 Å². The SMILES string of the molecule is CCC(C)COc1ccc(C(C)(C)c2ccc(OC(C)CO)cc2)cc1. The van der Waals surface area contributed by atoms with E-state index in [1.807, 2.05) is 19.1 Å². The van der Waals surface area contributed by atoms with Crippen LogP contribution in [0.15, 0.2) is 48.5 Å². The van der Waals surface area contributed by atoms with E-state index in [1.54, 1.807) is 0 Å². The third kappa shape index (κ3) is 5.25. The molecule has 0 bridgehead atoms. The van der Waals surface area contributed by atoms with E-state index in [0.717, 1.165) is 24.5 Å². The first-order chi connectivity index (χ1) is 12.4. The zero-order valence-electron chi connectivity index (χ0n) is 16.7. The molecule has 26 heavy (non-hydrogen) atoms. The minimum Gasteiger partial charge on any atom is -0.493 e. The number of hydrogen-bond acceptors (Lipinski definition) is 3. The molecule has 0 heterocycles. The zero-order chi connectivity index (χ0) is 19.2. The van der Waals surface area contributed by atoms with Crippen LogP contribution in [0.5, 0.6) is 11.5 Å². The largest absolute Gasteiger partial charge is 0.493 e. The first-order valence-corrected chi connectivity index (χ1v) is 9.48. The second-order valence-electron chi connectivity index (χ2n) is 7.61. The highest BCUT2D eigenvalue weighted by atomic mass is 16.5. The lowest BCUT2D eigenvalue weighted by Gasteiger charge is -2.27. The Hall–Kier alpha value is -2.00. The summed E-state index contributed by atoms with van der Waals surface area (Å²) in [7, 11) is 0. The summed E-state index contributed by atoms with van der Waals surface area (Å²) in [5.74, 6) is 2.27. The van der Waals surface area contributed by atoms with Gasteiger partial charge in [0.05, 0.1) is 13.2 Å². The Morgan fingerprint density at radius 1 is 0.885 bits per heavy atom. The molecule has 2 aromatic rings. The topological polar surface area (TPSA) is 38.7 Å². The summed E-state index contributed by atoms with van der Waals surface area (Å²) in [6.45, 7) is 11.4. The van der Waals surface area contributed by atoms with Crippen molar-refractivity contribution in [3.05, 3.63) is 59.7 Å². The van der Waals surface area contributed by atoms with Crippen LogP contribution in [0.1, 0.15) is 52.2 Å². The van der Waals surface area contributed by atoms with Crippen LogP contribution < -0.4 is 9.47 Å². The maximum atomic E-state index is 9.10. The van der Waals surface area contributed by atoms with Gasteiger partial charge >= 0.3 is 0 Å². The van der Waals surface area contributed by atoms with Gasteiger partial charge in [-0.15, -0.1) is 0 Å². The molecule has 3 heteroatoms. The van der Waals surface area contributed by atoms with Gasteiger partial charge in [0.15, 0.2) is 0 Å². The summed E-state index contributed by atoms with van der Waals surface area (Å²) in [5, 5.41) is 9.10. The molecule has 2 rings (SSSR count). The zero-order valence-corrected chi connectivity index (χ0v) is 16.7. The fourth-order valence-corrected chi connectivity index (χ4v) is 2.71. The Balaban J connectivity index is 2.08. The van der Waals surface area contributed by atoms with Gasteiger partial charge in [-0.05, 0) is 48.2 Å². The molecule has 0 aromatic heterocycles. The van der Waals surface area contributed by atoms with Crippen molar-refractivity contribution >= 4 is 0 Å². The molecule has 2 unspecified atom stereocenters. The molecule has 2 aromatic carbocycles. The summed E-state index contributed by atoms with van der Waals surface area (Å²) in [4.78, 5) is 0. The molecule has 0 radical (unpaired) electrons. The monoisotopic (exact) mass is 356 g/mol. The summed E-state index contributed by atoms with van der Waals surface area (Å²) < 4.78 is 11.5. The van der Waals surface area contributed by atoms with Gasteiger partial charge in [-0.25, -0.2) is 0 Å². The quantitative estimate of drug-likeness (QED) is 0.671. The maximum absolute atomic E-state index is 9.10. The number of rotatable bonds is 9. The van der Waals surface area contributed by atoms with E-state index >= 15 is 0 Å². The molecule has 0 aliphatic carbocycles. The van der Waals surface area contributed by atoms with Crippen molar-refractivity contribution in [2.75, 3.05) is 13.2 Å². The highest BCUT2D eigenvalue weighted by Crippen LogP contribution is 2.33. The summed E-state index contributed by atoms with van der Waals surface area (Å²) in [6.07, 6.45) is 0.930. The second-order valence-corrected chi connectivity index (χ2v) is 7.61. The molecule has 2 atom stereocenters. The van der Waals surface area contributed by atoms with E-state index in [9.17, 15) is 0 Å². The van der Waals surface area contributed by atoms with E-state index in [0.29, 0.717) is 5.92 Å². The van der Waals surface area contributed by atoms with Crippen molar-refractivity contribution in [2.24, 2.45) is 5.92 Å². The van der Waals surface area contributed by atoms with Gasteiger partial charge in [0, 0.05) is 5.41 Å². The normalized spacial score (nSPS) is 13.9. The van der Waals surface area contributed by atoms with Gasteiger partial charge in [-0.3, -0.25) is 0 Å². The molecule has 142 valence electrons. The maximum Gasteiger partial charge on any atom is 0.119 e. The molecule has 0 spiro atoms. The summed E-state index contributed by atoms with van der Waals surface area (Å²) in [5.41, 5.74) is 2.34. The van der Waals surface area contributed by atoms with Gasteiger partial charge in [-0.1, -0.05) is 58.4 Å². The Bertz CT molecular complexity index is 659. The first-order valence-electron chi connectivity index (χ1n) is 9.48. The van der Waals surface area contributed by atoms with Crippen molar-refractivity contribution in [1.82, 2.24) is 0 Å². The molecule has 3 nitrogen and oxygen atoms in total. The third-order valence-electron chi connectivity index (χ3n) is 4.98. The van der Waals surface area contributed by atoms with Crippen LogP contribution >= 0.6 is 0 Å². The van der Waals surface area contributed by atoms with Gasteiger partial charge in [0.25, 0.3) is 0 Å². The Labute approximate surface area is 158 Å². The number of ether oxygens (including phenoxy) is 2. The molecule has 0 saturated heterocycles. The highest BCUT2D eigenvalue weighted by Gasteiger charge is 2.23. The van der Waals surface area contributed by atoms with Gasteiger partial charge in [-0.2, -0.15) is 0 Å². The summed E-state index contributed by atoms with van der Waals surface area (Å²) >= 11 is 0. The van der Waals surface area contributed by atoms with Gasteiger partial charge < -0.3 is 14.6 Å². The van der Waals surface area contributed by atoms with E-state index in [4.69, 9.17) is 14.6 Å². The highest BCUT2D eigenvalue weighted by molar-refractivity contribution is 5.41. The lowest BCUT2D eigenvalue weighted by molar-refractivity contribution is 0.129. The van der Waals surface area contributed by atoms with Crippen molar-refractivity contribution < 1.29 is 14.6 Å². The smallest absolute Gasteiger partial charge is 0.119 e. The Morgan fingerprint density at radius 3 is 1.85 bits per heavy atom. The second kappa shape index (κ2) is 9.09. The predicted octanol–water partition coefficient (Wildman–Crippen LogP) is 5.20. The van der Waals surface area contributed by atoms with Crippen molar-refractivity contribution in [1.29, 1.82) is 0 Å². The van der Waals surface area contributed by atoms with Crippen LogP contribution in [0.3, 0.4) is 0 Å². The third-order valence-corrected chi connectivity index (χ3v) is 4.98. The number of aliphatic hydroxyl groups excluding tert-OH is 1. The average Bonchev–Trinajstić information content (AvgIpc) is 2.66. The fourth-order valence-electron chi connectivity index (χ4n) is 2.71. The molecule has 0 saturated carbocycles. The van der Waals surface area contributed by atoms with E-state index in [-0.39, 0.29) is 18.1 Å². The average molecular weight is 357 g/mol. The Kier molecular flexibility index (Phi) is 7.10. The van der Waals surface area contributed by atoms with Crippen molar-refractivity contribution in [2.45, 2.75) is 52.6 Å². The lowest BCUT2D eigenvalue weighted by atomic mass is 9.78. The van der Waals surface area contributed by atoms with Crippen molar-refractivity contribution in [3.63, 3.8) is 0 Å². The molecular weight excluding hydrogens is 324 g/mol.